The molecule has 1 aliphatic carbocycles. The van der Waals surface area contributed by atoms with Crippen LogP contribution in [0.15, 0.2) is 55.1 Å². The third-order valence-corrected chi connectivity index (χ3v) is 5.44. The SMILES string of the molecule is Cc1cnn(-c2ccc(C(F)F)cc2)c1COc1ccc(-n2cnc(C(=O)NC3CC3)c2)nn1. The molecule has 0 atom stereocenters. The molecule has 0 radical (unpaired) electrons. The van der Waals surface area contributed by atoms with Gasteiger partial charge in [0.1, 0.15) is 18.6 Å². The molecule has 0 aliphatic heterocycles. The number of halogens is 2. The van der Waals surface area contributed by atoms with Crippen molar-refractivity contribution in [1.82, 2.24) is 34.8 Å². The summed E-state index contributed by atoms with van der Waals surface area (Å²) in [4.78, 5) is 16.2. The molecule has 3 heterocycles. The van der Waals surface area contributed by atoms with Gasteiger partial charge in [0, 0.05) is 23.9 Å². The number of amides is 1. The summed E-state index contributed by atoms with van der Waals surface area (Å²) in [6.45, 7) is 2.05. The van der Waals surface area contributed by atoms with Crippen molar-refractivity contribution in [2.24, 2.45) is 0 Å². The molecule has 9 nitrogen and oxygen atoms in total. The van der Waals surface area contributed by atoms with E-state index in [4.69, 9.17) is 4.74 Å². The number of nitrogens with zero attached hydrogens (tertiary/aromatic N) is 6. The number of nitrogens with one attached hydrogen (secondary N) is 1. The van der Waals surface area contributed by atoms with E-state index in [2.05, 4.69) is 25.6 Å². The summed E-state index contributed by atoms with van der Waals surface area (Å²) in [7, 11) is 0. The number of carbonyl (C=O) groups excluding carboxylic acids is 1. The van der Waals surface area contributed by atoms with E-state index in [-0.39, 0.29) is 24.1 Å². The molecule has 0 spiro atoms. The largest absolute Gasteiger partial charge is 0.470 e. The fraction of sp³-hybridized carbons (Fsp3) is 0.261. The first-order valence-electron chi connectivity index (χ1n) is 10.7. The average molecular weight is 465 g/mol. The van der Waals surface area contributed by atoms with Crippen LogP contribution in [0.1, 0.15) is 46.6 Å². The molecule has 0 bridgehead atoms. The molecule has 3 aromatic heterocycles. The molecule has 1 fully saturated rings. The van der Waals surface area contributed by atoms with Crippen LogP contribution in [-0.2, 0) is 6.61 Å². The Balaban J connectivity index is 1.25. The van der Waals surface area contributed by atoms with Crippen LogP contribution in [0.4, 0.5) is 8.78 Å². The lowest BCUT2D eigenvalue weighted by molar-refractivity contribution is 0.0946. The van der Waals surface area contributed by atoms with Gasteiger partial charge in [-0.1, -0.05) is 12.1 Å². The second-order valence-corrected chi connectivity index (χ2v) is 8.01. The highest BCUT2D eigenvalue weighted by Gasteiger charge is 2.24. The Morgan fingerprint density at radius 3 is 2.65 bits per heavy atom. The number of imidazole rings is 1. The minimum Gasteiger partial charge on any atom is -0.470 e. The van der Waals surface area contributed by atoms with Gasteiger partial charge in [-0.3, -0.25) is 9.36 Å². The highest BCUT2D eigenvalue weighted by atomic mass is 19.3. The molecule has 0 unspecified atom stereocenters. The van der Waals surface area contributed by atoms with Gasteiger partial charge in [-0.15, -0.1) is 10.2 Å². The number of aryl methyl sites for hydroxylation is 1. The van der Waals surface area contributed by atoms with Crippen molar-refractivity contribution >= 4 is 5.91 Å². The standard InChI is InChI=1S/C23H21F2N7O2/c1-14-10-27-32(17-6-2-15(3-7-17)22(24)25)19(14)12-34-21-9-8-20(29-30-21)31-11-18(26-13-31)23(33)28-16-4-5-16/h2-3,6-11,13,16,22H,4-5,12H2,1H3,(H,28,33). The summed E-state index contributed by atoms with van der Waals surface area (Å²) < 4.78 is 34.7. The Kier molecular flexibility index (Phi) is 5.74. The highest BCUT2D eigenvalue weighted by molar-refractivity contribution is 5.92. The van der Waals surface area contributed by atoms with E-state index in [1.807, 2.05) is 6.92 Å². The second kappa shape index (κ2) is 9.00. The van der Waals surface area contributed by atoms with Gasteiger partial charge in [0.05, 0.1) is 17.6 Å². The fourth-order valence-electron chi connectivity index (χ4n) is 3.34. The first kappa shape index (κ1) is 21.7. The summed E-state index contributed by atoms with van der Waals surface area (Å²) in [5, 5.41) is 15.5. The van der Waals surface area contributed by atoms with E-state index in [1.165, 1.54) is 18.5 Å². The van der Waals surface area contributed by atoms with E-state index in [0.717, 1.165) is 24.1 Å². The highest BCUT2D eigenvalue weighted by Crippen LogP contribution is 2.22. The molecule has 174 valence electrons. The number of rotatable bonds is 8. The van der Waals surface area contributed by atoms with Crippen molar-refractivity contribution in [3.8, 4) is 17.4 Å². The molecular weight excluding hydrogens is 444 g/mol. The number of aromatic nitrogens is 6. The van der Waals surface area contributed by atoms with Gasteiger partial charge in [-0.05, 0) is 43.5 Å². The van der Waals surface area contributed by atoms with E-state index < -0.39 is 6.43 Å². The molecule has 1 aliphatic rings. The van der Waals surface area contributed by atoms with Crippen LogP contribution in [0.2, 0.25) is 0 Å². The molecule has 11 heteroatoms. The molecule has 34 heavy (non-hydrogen) atoms. The zero-order chi connectivity index (χ0) is 23.7. The van der Waals surface area contributed by atoms with Gasteiger partial charge in [0.2, 0.25) is 5.88 Å². The summed E-state index contributed by atoms with van der Waals surface area (Å²) in [5.74, 6) is 0.589. The normalized spacial score (nSPS) is 13.3. The minimum atomic E-state index is -2.52. The number of ether oxygens (including phenoxy) is 1. The van der Waals surface area contributed by atoms with Crippen molar-refractivity contribution < 1.29 is 18.3 Å². The fourth-order valence-corrected chi connectivity index (χ4v) is 3.34. The van der Waals surface area contributed by atoms with E-state index in [1.54, 1.807) is 45.9 Å². The number of benzene rings is 1. The molecule has 1 amide bonds. The Hall–Kier alpha value is -4.15. The summed E-state index contributed by atoms with van der Waals surface area (Å²) in [6.07, 6.45) is 4.28. The zero-order valence-electron chi connectivity index (χ0n) is 18.2. The van der Waals surface area contributed by atoms with E-state index >= 15 is 0 Å². The third kappa shape index (κ3) is 4.63. The average Bonchev–Trinajstić information content (AvgIpc) is 3.38. The first-order valence-corrected chi connectivity index (χ1v) is 10.7. The molecule has 0 saturated heterocycles. The van der Waals surface area contributed by atoms with Crippen molar-refractivity contribution in [1.29, 1.82) is 0 Å². The molecule has 4 aromatic rings. The minimum absolute atomic E-state index is 0.0469. The topological polar surface area (TPSA) is 99.8 Å². The first-order chi connectivity index (χ1) is 16.5. The number of alkyl halides is 2. The summed E-state index contributed by atoms with van der Waals surface area (Å²) in [5.41, 5.74) is 2.57. The molecule has 5 rings (SSSR count). The Labute approximate surface area is 193 Å². The molecule has 1 aromatic carbocycles. The van der Waals surface area contributed by atoms with Gasteiger partial charge in [0.15, 0.2) is 5.82 Å². The quantitative estimate of drug-likeness (QED) is 0.427. The maximum atomic E-state index is 12.8. The van der Waals surface area contributed by atoms with Crippen molar-refractivity contribution in [3.63, 3.8) is 0 Å². The van der Waals surface area contributed by atoms with Crippen LogP contribution in [0.5, 0.6) is 5.88 Å². The van der Waals surface area contributed by atoms with Gasteiger partial charge >= 0.3 is 0 Å². The summed E-state index contributed by atoms with van der Waals surface area (Å²) >= 11 is 0. The lowest BCUT2D eigenvalue weighted by Gasteiger charge is -2.11. The third-order valence-electron chi connectivity index (χ3n) is 5.44. The monoisotopic (exact) mass is 465 g/mol. The van der Waals surface area contributed by atoms with Crippen molar-refractivity contribution in [2.75, 3.05) is 0 Å². The van der Waals surface area contributed by atoms with E-state index in [0.29, 0.717) is 23.1 Å². The molecular formula is C23H21F2N7O2. The lowest BCUT2D eigenvalue weighted by Crippen LogP contribution is -2.25. The molecule has 1 saturated carbocycles. The van der Waals surface area contributed by atoms with Crippen LogP contribution < -0.4 is 10.1 Å². The maximum absolute atomic E-state index is 12.8. The van der Waals surface area contributed by atoms with Crippen molar-refractivity contribution in [3.05, 3.63) is 77.6 Å². The predicted octanol–water partition coefficient (Wildman–Crippen LogP) is 3.57. The molecule has 1 N–H and O–H groups in total. The summed E-state index contributed by atoms with van der Waals surface area (Å²) in [6, 6.07) is 9.57. The maximum Gasteiger partial charge on any atom is 0.271 e. The smallest absolute Gasteiger partial charge is 0.271 e. The van der Waals surface area contributed by atoms with Crippen LogP contribution in [0, 0.1) is 6.92 Å². The van der Waals surface area contributed by atoms with Gasteiger partial charge in [0.25, 0.3) is 12.3 Å². The number of carbonyl (C=O) groups is 1. The number of hydrogen-bond donors (Lipinski definition) is 1. The Morgan fingerprint density at radius 2 is 1.97 bits per heavy atom. The van der Waals surface area contributed by atoms with Crippen LogP contribution in [0.25, 0.3) is 11.5 Å². The van der Waals surface area contributed by atoms with Crippen LogP contribution >= 0.6 is 0 Å². The van der Waals surface area contributed by atoms with Gasteiger partial charge in [-0.2, -0.15) is 5.10 Å². The van der Waals surface area contributed by atoms with Crippen molar-refractivity contribution in [2.45, 2.75) is 38.8 Å². The predicted molar refractivity (Wildman–Crippen MR) is 117 cm³/mol. The van der Waals surface area contributed by atoms with E-state index in [9.17, 15) is 13.6 Å². The zero-order valence-corrected chi connectivity index (χ0v) is 18.2. The second-order valence-electron chi connectivity index (χ2n) is 8.01. The van der Waals surface area contributed by atoms with Crippen LogP contribution in [0.3, 0.4) is 0 Å². The number of hydrogen-bond acceptors (Lipinski definition) is 6. The lowest BCUT2D eigenvalue weighted by atomic mass is 10.2. The Morgan fingerprint density at radius 1 is 1.18 bits per heavy atom. The Bertz CT molecular complexity index is 1300. The van der Waals surface area contributed by atoms with Gasteiger partial charge < -0.3 is 10.1 Å². The van der Waals surface area contributed by atoms with Gasteiger partial charge in [-0.25, -0.2) is 18.4 Å². The van der Waals surface area contributed by atoms with Crippen LogP contribution in [-0.4, -0.2) is 41.5 Å².